The molecule has 0 aromatic rings. The van der Waals surface area contributed by atoms with Crippen LogP contribution in [0.25, 0.3) is 0 Å². The molecule has 4 heteroatoms. The molecular formula is C12H30N2O2. The van der Waals surface area contributed by atoms with E-state index >= 15 is 0 Å². The van der Waals surface area contributed by atoms with E-state index < -0.39 is 0 Å². The van der Waals surface area contributed by atoms with E-state index in [-0.39, 0.29) is 6.10 Å². The second kappa shape index (κ2) is 29.3. The monoisotopic (exact) mass is 234 g/mol. The summed E-state index contributed by atoms with van der Waals surface area (Å²) in [4.78, 5) is 2.38. The van der Waals surface area contributed by atoms with Crippen LogP contribution in [0, 0.1) is 11.3 Å². The minimum atomic E-state index is -0.167. The maximum absolute atomic E-state index is 8.06. The van der Waals surface area contributed by atoms with E-state index in [1.165, 1.54) is 26.6 Å². The van der Waals surface area contributed by atoms with Crippen LogP contribution in [-0.2, 0) is 0 Å². The van der Waals surface area contributed by atoms with Crippen LogP contribution < -0.4 is 0 Å². The molecule has 0 radical (unpaired) electrons. The summed E-state index contributed by atoms with van der Waals surface area (Å²) in [6, 6.07) is 1.75. The molecular weight excluding hydrogens is 204 g/mol. The lowest BCUT2D eigenvalue weighted by Crippen LogP contribution is -2.21. The first-order valence-corrected chi connectivity index (χ1v) is 5.65. The molecule has 0 spiro atoms. The molecule has 0 rings (SSSR count). The first-order chi connectivity index (χ1) is 7.49. The van der Waals surface area contributed by atoms with Gasteiger partial charge < -0.3 is 15.1 Å². The molecule has 0 fully saturated rings. The van der Waals surface area contributed by atoms with Crippen LogP contribution in [0.5, 0.6) is 0 Å². The van der Waals surface area contributed by atoms with Gasteiger partial charge in [-0.15, -0.1) is 0 Å². The van der Waals surface area contributed by atoms with Crippen molar-refractivity contribution in [2.24, 2.45) is 0 Å². The lowest BCUT2D eigenvalue weighted by molar-refractivity contribution is 0.216. The van der Waals surface area contributed by atoms with Crippen LogP contribution in [0.15, 0.2) is 0 Å². The van der Waals surface area contributed by atoms with Crippen molar-refractivity contribution in [3.05, 3.63) is 0 Å². The zero-order valence-electron chi connectivity index (χ0n) is 12.0. The average molecular weight is 234 g/mol. The van der Waals surface area contributed by atoms with Gasteiger partial charge in [0.05, 0.1) is 6.07 Å². The number of hydrogen-bond donors (Lipinski definition) is 2. The van der Waals surface area contributed by atoms with Gasteiger partial charge in [0, 0.05) is 20.1 Å². The van der Waals surface area contributed by atoms with E-state index in [4.69, 9.17) is 15.5 Å². The largest absolute Gasteiger partial charge is 0.400 e. The highest BCUT2D eigenvalue weighted by Crippen LogP contribution is 1.81. The fourth-order valence-electron chi connectivity index (χ4n) is 0.671. The maximum Gasteiger partial charge on any atom is 0.0587 e. The van der Waals surface area contributed by atoms with Crippen molar-refractivity contribution < 1.29 is 10.2 Å². The Labute approximate surface area is 102 Å². The third kappa shape index (κ3) is 70.9. The lowest BCUT2D eigenvalue weighted by Gasteiger charge is -2.13. The maximum atomic E-state index is 8.06. The molecule has 0 saturated carbocycles. The zero-order chi connectivity index (χ0) is 14.0. The Morgan fingerprint density at radius 2 is 1.19 bits per heavy atom. The molecule has 0 saturated heterocycles. The summed E-state index contributed by atoms with van der Waals surface area (Å²) < 4.78 is 0. The van der Waals surface area contributed by atoms with Gasteiger partial charge in [0.15, 0.2) is 0 Å². The van der Waals surface area contributed by atoms with E-state index in [9.17, 15) is 0 Å². The molecule has 0 amide bonds. The van der Waals surface area contributed by atoms with Crippen molar-refractivity contribution in [2.45, 2.75) is 47.6 Å². The van der Waals surface area contributed by atoms with Gasteiger partial charge in [0.25, 0.3) is 0 Å². The van der Waals surface area contributed by atoms with Gasteiger partial charge >= 0.3 is 0 Å². The molecule has 100 valence electrons. The highest BCUT2D eigenvalue weighted by atomic mass is 16.3. The second-order valence-electron chi connectivity index (χ2n) is 2.94. The molecule has 0 aliphatic carbocycles. The highest BCUT2D eigenvalue weighted by Gasteiger charge is 1.89. The summed E-state index contributed by atoms with van der Waals surface area (Å²) >= 11 is 0. The van der Waals surface area contributed by atoms with Gasteiger partial charge in [-0.2, -0.15) is 5.26 Å². The van der Waals surface area contributed by atoms with Gasteiger partial charge in [0.1, 0.15) is 0 Å². The Balaban J connectivity index is -0.0000000685. The SMILES string of the molecule is CC#N.CC(C)O.CCN(CC)CC.CO. The lowest BCUT2D eigenvalue weighted by atomic mass is 10.5. The van der Waals surface area contributed by atoms with Gasteiger partial charge in [-0.3, -0.25) is 0 Å². The fourth-order valence-corrected chi connectivity index (χ4v) is 0.671. The molecule has 0 aromatic heterocycles. The standard InChI is InChI=1S/C6H15N.C3H8O.C2H3N.CH4O/c1-4-7(5-2)6-3;1-3(2)4;1-2-3;1-2/h4-6H2,1-3H3;3-4H,1-2H3;1H3;2H,1H3. The van der Waals surface area contributed by atoms with E-state index in [1.54, 1.807) is 19.9 Å². The molecule has 0 aromatic carbocycles. The van der Waals surface area contributed by atoms with Crippen LogP contribution in [-0.4, -0.2) is 48.0 Å². The van der Waals surface area contributed by atoms with Crippen LogP contribution in [0.3, 0.4) is 0 Å². The third-order valence-corrected chi connectivity index (χ3v) is 1.34. The first kappa shape index (κ1) is 24.6. The summed E-state index contributed by atoms with van der Waals surface area (Å²) in [6.07, 6.45) is -0.167. The molecule has 0 unspecified atom stereocenters. The summed E-state index contributed by atoms with van der Waals surface area (Å²) in [5.74, 6) is 0. The van der Waals surface area contributed by atoms with Crippen LogP contribution in [0.1, 0.15) is 41.5 Å². The number of hydrogen-bond acceptors (Lipinski definition) is 4. The predicted molar refractivity (Wildman–Crippen MR) is 70.2 cm³/mol. The van der Waals surface area contributed by atoms with E-state index in [1.807, 2.05) is 0 Å². The molecule has 0 aliphatic heterocycles. The number of rotatable bonds is 3. The second-order valence-corrected chi connectivity index (χ2v) is 2.94. The Hall–Kier alpha value is -0.630. The van der Waals surface area contributed by atoms with Crippen LogP contribution in [0.2, 0.25) is 0 Å². The van der Waals surface area contributed by atoms with Crippen molar-refractivity contribution in [3.8, 4) is 6.07 Å². The fraction of sp³-hybridized carbons (Fsp3) is 0.917. The molecule has 2 N–H and O–H groups in total. The molecule has 0 atom stereocenters. The molecule has 0 bridgehead atoms. The van der Waals surface area contributed by atoms with E-state index in [2.05, 4.69) is 25.7 Å². The van der Waals surface area contributed by atoms with Gasteiger partial charge in [-0.05, 0) is 33.5 Å². The Morgan fingerprint density at radius 3 is 1.19 bits per heavy atom. The van der Waals surface area contributed by atoms with Gasteiger partial charge in [-0.1, -0.05) is 20.8 Å². The van der Waals surface area contributed by atoms with Crippen LogP contribution >= 0.6 is 0 Å². The van der Waals surface area contributed by atoms with Crippen molar-refractivity contribution in [1.29, 1.82) is 5.26 Å². The van der Waals surface area contributed by atoms with Crippen molar-refractivity contribution in [2.75, 3.05) is 26.7 Å². The molecule has 16 heavy (non-hydrogen) atoms. The normalized spacial score (nSPS) is 7.62. The summed E-state index contributed by atoms with van der Waals surface area (Å²) in [5, 5.41) is 22.4. The topological polar surface area (TPSA) is 67.5 Å². The van der Waals surface area contributed by atoms with Crippen molar-refractivity contribution in [1.82, 2.24) is 4.90 Å². The number of aliphatic hydroxyl groups is 2. The number of nitrogens with zero attached hydrogens (tertiary/aromatic N) is 2. The zero-order valence-corrected chi connectivity index (χ0v) is 12.0. The van der Waals surface area contributed by atoms with Crippen molar-refractivity contribution >= 4 is 0 Å². The van der Waals surface area contributed by atoms with Crippen LogP contribution in [0.4, 0.5) is 0 Å². The minimum Gasteiger partial charge on any atom is -0.400 e. The van der Waals surface area contributed by atoms with E-state index in [0.717, 1.165) is 7.11 Å². The number of nitriles is 1. The average Bonchev–Trinajstić information content (AvgIpc) is 2.24. The molecule has 0 heterocycles. The highest BCUT2D eigenvalue weighted by molar-refractivity contribution is 4.51. The van der Waals surface area contributed by atoms with Crippen molar-refractivity contribution in [3.63, 3.8) is 0 Å². The smallest absolute Gasteiger partial charge is 0.0587 e. The Morgan fingerprint density at radius 1 is 1.06 bits per heavy atom. The quantitative estimate of drug-likeness (QED) is 0.782. The molecule has 4 nitrogen and oxygen atoms in total. The minimum absolute atomic E-state index is 0.167. The summed E-state index contributed by atoms with van der Waals surface area (Å²) in [7, 11) is 1.00. The van der Waals surface area contributed by atoms with E-state index in [0.29, 0.717) is 0 Å². The summed E-state index contributed by atoms with van der Waals surface area (Å²) in [6.45, 7) is 15.0. The summed E-state index contributed by atoms with van der Waals surface area (Å²) in [5.41, 5.74) is 0. The predicted octanol–water partition coefficient (Wildman–Crippen LogP) is 1.87. The third-order valence-electron chi connectivity index (χ3n) is 1.34. The van der Waals surface area contributed by atoms with Gasteiger partial charge in [-0.25, -0.2) is 0 Å². The number of aliphatic hydroxyl groups excluding tert-OH is 2. The Kier molecular flexibility index (Phi) is 44.9. The first-order valence-electron chi connectivity index (χ1n) is 5.65. The Bertz CT molecular complexity index is 110. The molecule has 0 aliphatic rings. The van der Waals surface area contributed by atoms with Gasteiger partial charge in [0.2, 0.25) is 0 Å².